The Morgan fingerprint density at radius 1 is 1.14 bits per heavy atom. The Morgan fingerprint density at radius 2 is 1.71 bits per heavy atom. The second kappa shape index (κ2) is 8.51. The van der Waals surface area contributed by atoms with Gasteiger partial charge in [-0.3, -0.25) is 0 Å². The summed E-state index contributed by atoms with van der Waals surface area (Å²) in [4.78, 5) is 22.7. The van der Waals surface area contributed by atoms with Gasteiger partial charge in [0, 0.05) is 0 Å². The summed E-state index contributed by atoms with van der Waals surface area (Å²) in [6, 6.07) is -0.901. The van der Waals surface area contributed by atoms with Crippen LogP contribution in [-0.2, 0) is 9.53 Å². The number of alkyl carbamates (subject to hydrolysis) is 1. The van der Waals surface area contributed by atoms with Gasteiger partial charge in [-0.2, -0.15) is 11.8 Å². The number of hydrogen-bond donors (Lipinski definition) is 2. The van der Waals surface area contributed by atoms with Gasteiger partial charge in [0.2, 0.25) is 0 Å². The summed E-state index contributed by atoms with van der Waals surface area (Å²) in [5.74, 6) is 0.655. The number of carbonyl (C=O) groups excluding carboxylic acids is 1. The summed E-state index contributed by atoms with van der Waals surface area (Å²) < 4.78 is 5.07. The first-order chi connectivity index (χ1) is 9.41. The van der Waals surface area contributed by atoms with Gasteiger partial charge < -0.3 is 15.2 Å². The van der Waals surface area contributed by atoms with E-state index in [-0.39, 0.29) is 5.41 Å². The van der Waals surface area contributed by atoms with Crippen molar-refractivity contribution in [3.05, 3.63) is 0 Å². The van der Waals surface area contributed by atoms with Crippen molar-refractivity contribution in [3.8, 4) is 0 Å². The van der Waals surface area contributed by atoms with Crippen LogP contribution in [0.15, 0.2) is 0 Å². The van der Waals surface area contributed by atoms with Crippen LogP contribution in [0.4, 0.5) is 4.79 Å². The summed E-state index contributed by atoms with van der Waals surface area (Å²) in [5, 5.41) is 11.5. The Balaban J connectivity index is 4.09. The van der Waals surface area contributed by atoms with Crippen molar-refractivity contribution in [2.24, 2.45) is 5.41 Å². The molecule has 2 N–H and O–H groups in total. The molecule has 0 aliphatic heterocycles. The van der Waals surface area contributed by atoms with Crippen LogP contribution in [0.5, 0.6) is 0 Å². The summed E-state index contributed by atoms with van der Waals surface area (Å²) in [6.07, 6.45) is 0.785. The van der Waals surface area contributed by atoms with E-state index in [1.54, 1.807) is 32.5 Å². The largest absolute Gasteiger partial charge is 0.480 e. The highest BCUT2D eigenvalue weighted by atomic mass is 32.2. The number of thioether (sulfide) groups is 1. The SMILES string of the molecule is CC(C)(C)CCSCCC(NC(=O)OC(C)(C)C)C(=O)O. The number of rotatable bonds is 7. The smallest absolute Gasteiger partial charge is 0.408 e. The fourth-order valence-electron chi connectivity index (χ4n) is 1.39. The highest BCUT2D eigenvalue weighted by molar-refractivity contribution is 7.99. The van der Waals surface area contributed by atoms with Gasteiger partial charge in [-0.05, 0) is 50.5 Å². The van der Waals surface area contributed by atoms with Crippen LogP contribution in [0.3, 0.4) is 0 Å². The first-order valence-corrected chi connectivity index (χ1v) is 8.36. The average Bonchev–Trinajstić information content (AvgIpc) is 2.22. The molecule has 21 heavy (non-hydrogen) atoms. The third-order valence-electron chi connectivity index (χ3n) is 2.54. The van der Waals surface area contributed by atoms with E-state index in [0.717, 1.165) is 12.2 Å². The zero-order valence-electron chi connectivity index (χ0n) is 14.0. The van der Waals surface area contributed by atoms with E-state index < -0.39 is 23.7 Å². The molecule has 124 valence electrons. The quantitative estimate of drug-likeness (QED) is 0.702. The highest BCUT2D eigenvalue weighted by Gasteiger charge is 2.23. The molecule has 0 aromatic rings. The average molecular weight is 319 g/mol. The van der Waals surface area contributed by atoms with E-state index in [2.05, 4.69) is 26.1 Å². The Bertz CT molecular complexity index is 345. The summed E-state index contributed by atoms with van der Waals surface area (Å²) >= 11 is 1.71. The molecule has 1 amide bonds. The van der Waals surface area contributed by atoms with Gasteiger partial charge in [0.15, 0.2) is 0 Å². The molecule has 0 radical (unpaired) electrons. The summed E-state index contributed by atoms with van der Waals surface area (Å²) in [7, 11) is 0. The van der Waals surface area contributed by atoms with Crippen LogP contribution in [0.2, 0.25) is 0 Å². The Hall–Kier alpha value is -0.910. The van der Waals surface area contributed by atoms with E-state index >= 15 is 0 Å². The van der Waals surface area contributed by atoms with E-state index in [1.807, 2.05) is 0 Å². The number of carbonyl (C=O) groups is 2. The van der Waals surface area contributed by atoms with Gasteiger partial charge >= 0.3 is 12.1 Å². The predicted molar refractivity (Wildman–Crippen MR) is 86.8 cm³/mol. The maximum Gasteiger partial charge on any atom is 0.408 e. The molecule has 5 nitrogen and oxygen atoms in total. The van der Waals surface area contributed by atoms with E-state index in [0.29, 0.717) is 12.2 Å². The molecular formula is C15H29NO4S. The zero-order valence-corrected chi connectivity index (χ0v) is 14.8. The van der Waals surface area contributed by atoms with Crippen LogP contribution in [0.25, 0.3) is 0 Å². The minimum Gasteiger partial charge on any atom is -0.480 e. The third kappa shape index (κ3) is 12.5. The topological polar surface area (TPSA) is 75.6 Å². The molecule has 0 rings (SSSR count). The maximum atomic E-state index is 11.6. The van der Waals surface area contributed by atoms with Gasteiger partial charge in [0.05, 0.1) is 0 Å². The van der Waals surface area contributed by atoms with Crippen molar-refractivity contribution in [2.45, 2.75) is 66.0 Å². The van der Waals surface area contributed by atoms with Crippen LogP contribution < -0.4 is 5.32 Å². The normalized spacial score (nSPS) is 13.6. The second-order valence-electron chi connectivity index (χ2n) is 7.25. The second-order valence-corrected chi connectivity index (χ2v) is 8.47. The molecule has 0 aromatic heterocycles. The molecule has 0 spiro atoms. The molecule has 0 aliphatic rings. The monoisotopic (exact) mass is 319 g/mol. The van der Waals surface area contributed by atoms with Crippen LogP contribution in [-0.4, -0.2) is 40.3 Å². The van der Waals surface area contributed by atoms with Crippen molar-refractivity contribution in [2.75, 3.05) is 11.5 Å². The van der Waals surface area contributed by atoms with E-state index in [1.165, 1.54) is 0 Å². The van der Waals surface area contributed by atoms with E-state index in [4.69, 9.17) is 9.84 Å². The fourth-order valence-corrected chi connectivity index (χ4v) is 2.75. The Kier molecular flexibility index (Phi) is 8.14. The minimum atomic E-state index is -1.03. The van der Waals surface area contributed by atoms with Crippen molar-refractivity contribution in [1.29, 1.82) is 0 Å². The molecule has 0 heterocycles. The number of ether oxygens (including phenoxy) is 1. The summed E-state index contributed by atoms with van der Waals surface area (Å²) in [5.41, 5.74) is -0.345. The number of carboxylic acid groups (broad SMARTS) is 1. The van der Waals surface area contributed by atoms with Crippen molar-refractivity contribution >= 4 is 23.8 Å². The Morgan fingerprint density at radius 3 is 2.14 bits per heavy atom. The lowest BCUT2D eigenvalue weighted by molar-refractivity contribution is -0.139. The van der Waals surface area contributed by atoms with Gasteiger partial charge in [-0.15, -0.1) is 0 Å². The highest BCUT2D eigenvalue weighted by Crippen LogP contribution is 2.21. The van der Waals surface area contributed by atoms with Gasteiger partial charge in [-0.1, -0.05) is 20.8 Å². The molecular weight excluding hydrogens is 290 g/mol. The lowest BCUT2D eigenvalue weighted by atomic mass is 9.94. The van der Waals surface area contributed by atoms with Gasteiger partial charge in [-0.25, -0.2) is 9.59 Å². The maximum absolute atomic E-state index is 11.6. The summed E-state index contributed by atoms with van der Waals surface area (Å²) in [6.45, 7) is 11.8. The molecule has 0 saturated heterocycles. The molecule has 0 bridgehead atoms. The molecule has 0 aliphatic carbocycles. The first-order valence-electron chi connectivity index (χ1n) is 7.21. The third-order valence-corrected chi connectivity index (χ3v) is 3.55. The predicted octanol–water partition coefficient (Wildman–Crippen LogP) is 3.52. The first kappa shape index (κ1) is 20.1. The standard InChI is InChI=1S/C15H29NO4S/c1-14(2,3)8-10-21-9-7-11(12(17)18)16-13(19)20-15(4,5)6/h11H,7-10H2,1-6H3,(H,16,19)(H,17,18). The lowest BCUT2D eigenvalue weighted by Gasteiger charge is -2.22. The zero-order chi connectivity index (χ0) is 16.7. The van der Waals surface area contributed by atoms with Crippen LogP contribution >= 0.6 is 11.8 Å². The molecule has 0 saturated carbocycles. The number of carboxylic acids is 1. The molecule has 1 unspecified atom stereocenters. The van der Waals surface area contributed by atoms with Crippen molar-refractivity contribution in [3.63, 3.8) is 0 Å². The lowest BCUT2D eigenvalue weighted by Crippen LogP contribution is -2.43. The number of aliphatic carboxylic acids is 1. The number of nitrogens with one attached hydrogen (secondary N) is 1. The molecule has 0 fully saturated rings. The minimum absolute atomic E-state index is 0.286. The number of hydrogen-bond acceptors (Lipinski definition) is 4. The fraction of sp³-hybridized carbons (Fsp3) is 0.867. The van der Waals surface area contributed by atoms with E-state index in [9.17, 15) is 9.59 Å². The molecule has 0 aromatic carbocycles. The van der Waals surface area contributed by atoms with Gasteiger partial charge in [0.1, 0.15) is 11.6 Å². The molecule has 1 atom stereocenters. The molecule has 6 heteroatoms. The van der Waals surface area contributed by atoms with Crippen LogP contribution in [0, 0.1) is 5.41 Å². The van der Waals surface area contributed by atoms with Crippen LogP contribution in [0.1, 0.15) is 54.4 Å². The van der Waals surface area contributed by atoms with Gasteiger partial charge in [0.25, 0.3) is 0 Å². The Labute approximate surface area is 132 Å². The van der Waals surface area contributed by atoms with Crippen molar-refractivity contribution < 1.29 is 19.4 Å². The number of amides is 1. The van der Waals surface area contributed by atoms with Crippen molar-refractivity contribution in [1.82, 2.24) is 5.32 Å².